The fraction of sp³-hybridized carbons (Fsp3) is 0.667. The van der Waals surface area contributed by atoms with Crippen molar-refractivity contribution in [1.29, 1.82) is 0 Å². The van der Waals surface area contributed by atoms with Crippen LogP contribution in [0.4, 0.5) is 0 Å². The Balaban J connectivity index is 2.54. The second-order valence-corrected chi connectivity index (χ2v) is 6.90. The number of unbranched alkanes of at least 4 members (excludes halogenated alkanes) is 1. The fourth-order valence-electron chi connectivity index (χ4n) is 1.80. The molecule has 120 valence electrons. The Hall–Kier alpha value is -0.880. The molecule has 21 heavy (non-hydrogen) atoms. The number of aromatic nitrogens is 2. The van der Waals surface area contributed by atoms with Crippen molar-refractivity contribution < 1.29 is 13.6 Å². The van der Waals surface area contributed by atoms with Crippen LogP contribution in [0.2, 0.25) is 5.02 Å². The van der Waals surface area contributed by atoms with Gasteiger partial charge in [-0.25, -0.2) is 4.79 Å². The molecule has 0 amide bonds. The zero-order valence-corrected chi connectivity index (χ0v) is 13.8. The van der Waals surface area contributed by atoms with Crippen LogP contribution in [0.15, 0.2) is 15.8 Å². The van der Waals surface area contributed by atoms with Gasteiger partial charge in [0.25, 0.3) is 5.56 Å². The molecule has 7 nitrogen and oxygen atoms in total. The lowest BCUT2D eigenvalue weighted by atomic mass is 10.3. The Labute approximate surface area is 127 Å². The smallest absolute Gasteiger partial charge is 0.309 e. The van der Waals surface area contributed by atoms with Gasteiger partial charge in [-0.1, -0.05) is 11.6 Å². The van der Waals surface area contributed by atoms with Crippen LogP contribution in [0.5, 0.6) is 0 Å². The topological polar surface area (TPSA) is 90.4 Å². The summed E-state index contributed by atoms with van der Waals surface area (Å²) in [6, 6.07) is 0. The summed E-state index contributed by atoms with van der Waals surface area (Å²) in [5.41, 5.74) is -1.11. The van der Waals surface area contributed by atoms with Crippen molar-refractivity contribution in [2.24, 2.45) is 0 Å². The van der Waals surface area contributed by atoms with Crippen molar-refractivity contribution >= 4 is 19.2 Å². The van der Waals surface area contributed by atoms with E-state index in [0.717, 1.165) is 0 Å². The summed E-state index contributed by atoms with van der Waals surface area (Å²) in [5, 5.41) is -0.0381. The summed E-state index contributed by atoms with van der Waals surface area (Å²) in [6.45, 7) is 4.53. The maximum Gasteiger partial charge on any atom is 0.330 e. The van der Waals surface area contributed by atoms with E-state index in [1.807, 2.05) is 0 Å². The second-order valence-electron chi connectivity index (χ2n) is 4.31. The first-order valence-electron chi connectivity index (χ1n) is 6.79. The molecular weight excluding hydrogens is 319 g/mol. The van der Waals surface area contributed by atoms with Crippen molar-refractivity contribution in [3.05, 3.63) is 32.1 Å². The van der Waals surface area contributed by atoms with E-state index in [2.05, 4.69) is 4.98 Å². The molecule has 1 rings (SSSR count). The fourth-order valence-corrected chi connectivity index (χ4v) is 3.69. The Kier molecular flexibility index (Phi) is 7.39. The molecule has 9 heteroatoms. The van der Waals surface area contributed by atoms with Gasteiger partial charge in [-0.15, -0.1) is 0 Å². The van der Waals surface area contributed by atoms with E-state index in [1.165, 1.54) is 10.8 Å². The number of nitrogens with one attached hydrogen (secondary N) is 1. The third-order valence-electron chi connectivity index (χ3n) is 2.70. The zero-order chi connectivity index (χ0) is 15.9. The third kappa shape index (κ3) is 5.79. The Morgan fingerprint density at radius 2 is 1.86 bits per heavy atom. The van der Waals surface area contributed by atoms with Crippen LogP contribution < -0.4 is 11.2 Å². The van der Waals surface area contributed by atoms with Gasteiger partial charge in [0.05, 0.1) is 19.4 Å². The quantitative estimate of drug-likeness (QED) is 0.551. The maximum absolute atomic E-state index is 12.2. The molecule has 1 aromatic heterocycles. The highest BCUT2D eigenvalue weighted by atomic mass is 35.5. The first-order valence-corrected chi connectivity index (χ1v) is 8.90. The molecule has 0 saturated carbocycles. The van der Waals surface area contributed by atoms with E-state index in [0.29, 0.717) is 38.8 Å². The highest BCUT2D eigenvalue weighted by molar-refractivity contribution is 7.53. The number of rotatable bonds is 9. The average Bonchev–Trinajstić information content (AvgIpc) is 2.41. The lowest BCUT2D eigenvalue weighted by Crippen LogP contribution is -2.29. The van der Waals surface area contributed by atoms with Gasteiger partial charge in [-0.05, 0) is 26.7 Å². The number of aryl methyl sites for hydroxylation is 1. The van der Waals surface area contributed by atoms with Crippen LogP contribution in [0.25, 0.3) is 0 Å². The largest absolute Gasteiger partial charge is 0.330 e. The van der Waals surface area contributed by atoms with Crippen LogP contribution in [-0.4, -0.2) is 28.9 Å². The Morgan fingerprint density at radius 3 is 2.43 bits per heavy atom. The standard InChI is InChI=1S/C12H20ClN2O5P/c1-3-19-21(18,20-4-2)8-6-5-7-15-9-10(13)11(16)14-12(15)17/h9H,3-8H2,1-2H3,(H,14,16,17). The number of aromatic amines is 1. The van der Waals surface area contributed by atoms with Crippen LogP contribution in [0.1, 0.15) is 26.7 Å². The van der Waals surface area contributed by atoms with Gasteiger partial charge in [0.2, 0.25) is 0 Å². The van der Waals surface area contributed by atoms with Gasteiger partial charge in [-0.3, -0.25) is 18.9 Å². The monoisotopic (exact) mass is 338 g/mol. The molecule has 0 fully saturated rings. The second kappa shape index (κ2) is 8.54. The number of hydrogen-bond donors (Lipinski definition) is 1. The first-order chi connectivity index (χ1) is 9.91. The third-order valence-corrected chi connectivity index (χ3v) is 5.14. The molecule has 0 aliphatic rings. The molecule has 0 bridgehead atoms. The lowest BCUT2D eigenvalue weighted by molar-refractivity contribution is 0.219. The number of H-pyrrole nitrogens is 1. The molecule has 1 heterocycles. The molecule has 0 aromatic carbocycles. The Bertz CT molecular complexity index is 602. The Morgan fingerprint density at radius 1 is 1.24 bits per heavy atom. The number of nitrogens with zero attached hydrogens (tertiary/aromatic N) is 1. The summed E-state index contributed by atoms with van der Waals surface area (Å²) in [5.74, 6) is 0. The van der Waals surface area contributed by atoms with Crippen LogP contribution in [-0.2, 0) is 20.2 Å². The molecule has 0 spiro atoms. The van der Waals surface area contributed by atoms with E-state index in [4.69, 9.17) is 20.6 Å². The SMILES string of the molecule is CCOP(=O)(CCCCn1cc(Cl)c(=O)[nH]c1=O)OCC. The lowest BCUT2D eigenvalue weighted by Gasteiger charge is -2.16. The minimum atomic E-state index is -3.04. The predicted molar refractivity (Wildman–Crippen MR) is 81.3 cm³/mol. The van der Waals surface area contributed by atoms with Gasteiger partial charge < -0.3 is 9.05 Å². The zero-order valence-electron chi connectivity index (χ0n) is 12.1. The summed E-state index contributed by atoms with van der Waals surface area (Å²) in [4.78, 5) is 24.8. The highest BCUT2D eigenvalue weighted by Gasteiger charge is 2.22. The molecule has 0 aliphatic carbocycles. The van der Waals surface area contributed by atoms with Crippen LogP contribution >= 0.6 is 19.2 Å². The molecule has 0 aliphatic heterocycles. The predicted octanol–water partition coefficient (Wildman–Crippen LogP) is 2.24. The molecule has 1 N–H and O–H groups in total. The molecule has 0 atom stereocenters. The van der Waals surface area contributed by atoms with E-state index in [-0.39, 0.29) is 5.02 Å². The van der Waals surface area contributed by atoms with Crippen molar-refractivity contribution in [3.63, 3.8) is 0 Å². The molecular formula is C12H20ClN2O5P. The average molecular weight is 339 g/mol. The summed E-state index contributed by atoms with van der Waals surface area (Å²) in [7, 11) is -3.04. The first kappa shape index (κ1) is 18.2. The normalized spacial score (nSPS) is 11.8. The van der Waals surface area contributed by atoms with Gasteiger partial charge in [-0.2, -0.15) is 0 Å². The van der Waals surface area contributed by atoms with Gasteiger partial charge in [0.15, 0.2) is 0 Å². The van der Waals surface area contributed by atoms with E-state index < -0.39 is 18.8 Å². The summed E-state index contributed by atoms with van der Waals surface area (Å²) < 4.78 is 23.9. The van der Waals surface area contributed by atoms with Crippen LogP contribution in [0, 0.1) is 0 Å². The maximum atomic E-state index is 12.2. The van der Waals surface area contributed by atoms with Gasteiger partial charge >= 0.3 is 13.3 Å². The van der Waals surface area contributed by atoms with Crippen LogP contribution in [0.3, 0.4) is 0 Å². The number of hydrogen-bond acceptors (Lipinski definition) is 5. The summed E-state index contributed by atoms with van der Waals surface area (Å²) in [6.07, 6.45) is 2.75. The van der Waals surface area contributed by atoms with Gasteiger partial charge in [0, 0.05) is 12.7 Å². The summed E-state index contributed by atoms with van der Waals surface area (Å²) >= 11 is 5.67. The van der Waals surface area contributed by atoms with Crippen molar-refractivity contribution in [2.45, 2.75) is 33.2 Å². The minimum Gasteiger partial charge on any atom is -0.309 e. The van der Waals surface area contributed by atoms with E-state index in [1.54, 1.807) is 13.8 Å². The molecule has 0 unspecified atom stereocenters. The van der Waals surface area contributed by atoms with Gasteiger partial charge in [0.1, 0.15) is 5.02 Å². The molecule has 0 saturated heterocycles. The minimum absolute atomic E-state index is 0.0381. The van der Waals surface area contributed by atoms with E-state index in [9.17, 15) is 14.2 Å². The van der Waals surface area contributed by atoms with Crippen molar-refractivity contribution in [1.82, 2.24) is 9.55 Å². The molecule has 1 aromatic rings. The van der Waals surface area contributed by atoms with E-state index >= 15 is 0 Å². The van der Waals surface area contributed by atoms with Crippen molar-refractivity contribution in [3.8, 4) is 0 Å². The molecule has 0 radical (unpaired) electrons. The number of halogens is 1. The highest BCUT2D eigenvalue weighted by Crippen LogP contribution is 2.48. The van der Waals surface area contributed by atoms with Crippen molar-refractivity contribution in [2.75, 3.05) is 19.4 Å².